The molecule has 84 valence electrons. The minimum absolute atomic E-state index is 0.458. The summed E-state index contributed by atoms with van der Waals surface area (Å²) in [5.74, 6) is -0.794. The lowest BCUT2D eigenvalue weighted by molar-refractivity contribution is -0.146. The van der Waals surface area contributed by atoms with Gasteiger partial charge in [0.05, 0.1) is 14.8 Å². The molecule has 0 saturated carbocycles. The summed E-state index contributed by atoms with van der Waals surface area (Å²) in [6.45, 7) is 3.88. The molecule has 0 aliphatic carbocycles. The quantitative estimate of drug-likeness (QED) is 0.889. The highest BCUT2D eigenvalue weighted by Gasteiger charge is 2.29. The SMILES string of the molecule is CN(CC(C)(C)C(=O)O)c1ccc(Cl)s1. The summed E-state index contributed by atoms with van der Waals surface area (Å²) >= 11 is 7.26. The molecule has 0 atom stereocenters. The number of halogens is 1. The van der Waals surface area contributed by atoms with Crippen LogP contribution in [0.1, 0.15) is 13.8 Å². The molecular formula is C10H14ClNO2S. The average molecular weight is 248 g/mol. The standard InChI is InChI=1S/C10H14ClNO2S/c1-10(2,9(13)14)6-12(3)8-5-4-7(11)15-8/h4-5H,6H2,1-3H3,(H,13,14). The normalized spacial score (nSPS) is 11.5. The minimum atomic E-state index is -0.794. The van der Waals surface area contributed by atoms with E-state index in [1.54, 1.807) is 13.8 Å². The molecule has 1 aromatic rings. The molecular weight excluding hydrogens is 234 g/mol. The van der Waals surface area contributed by atoms with Crippen molar-refractivity contribution in [3.63, 3.8) is 0 Å². The number of carboxylic acid groups (broad SMARTS) is 1. The van der Waals surface area contributed by atoms with Gasteiger partial charge in [-0.3, -0.25) is 4.79 Å². The van der Waals surface area contributed by atoms with Gasteiger partial charge >= 0.3 is 5.97 Å². The topological polar surface area (TPSA) is 40.5 Å². The maximum absolute atomic E-state index is 10.9. The first-order chi connectivity index (χ1) is 6.83. The van der Waals surface area contributed by atoms with Gasteiger partial charge in [-0.2, -0.15) is 0 Å². The highest BCUT2D eigenvalue weighted by atomic mass is 35.5. The Hall–Kier alpha value is -0.740. The Kier molecular flexibility index (Phi) is 3.62. The number of thiophene rings is 1. The number of anilines is 1. The van der Waals surface area contributed by atoms with E-state index in [2.05, 4.69) is 0 Å². The molecule has 5 heteroatoms. The summed E-state index contributed by atoms with van der Waals surface area (Å²) in [6, 6.07) is 3.71. The summed E-state index contributed by atoms with van der Waals surface area (Å²) in [6.07, 6.45) is 0. The molecule has 15 heavy (non-hydrogen) atoms. The van der Waals surface area contributed by atoms with E-state index in [4.69, 9.17) is 16.7 Å². The second kappa shape index (κ2) is 4.41. The number of rotatable bonds is 4. The fraction of sp³-hybridized carbons (Fsp3) is 0.500. The lowest BCUT2D eigenvalue weighted by Gasteiger charge is -2.26. The third-order valence-corrected chi connectivity index (χ3v) is 3.49. The van der Waals surface area contributed by atoms with Gasteiger partial charge in [-0.05, 0) is 26.0 Å². The lowest BCUT2D eigenvalue weighted by Crippen LogP contribution is -2.36. The molecule has 0 fully saturated rings. The summed E-state index contributed by atoms with van der Waals surface area (Å²) in [7, 11) is 1.87. The van der Waals surface area contributed by atoms with Gasteiger partial charge in [0.1, 0.15) is 0 Å². The zero-order valence-corrected chi connectivity index (χ0v) is 10.5. The average Bonchev–Trinajstić information content (AvgIpc) is 2.50. The number of carboxylic acids is 1. The van der Waals surface area contributed by atoms with E-state index >= 15 is 0 Å². The third-order valence-electron chi connectivity index (χ3n) is 2.15. The first-order valence-electron chi connectivity index (χ1n) is 4.53. The van der Waals surface area contributed by atoms with Crippen molar-refractivity contribution >= 4 is 33.9 Å². The summed E-state index contributed by atoms with van der Waals surface area (Å²) < 4.78 is 0.713. The second-order valence-corrected chi connectivity index (χ2v) is 5.82. The predicted octanol–water partition coefficient (Wildman–Crippen LogP) is 2.95. The fourth-order valence-electron chi connectivity index (χ4n) is 1.25. The minimum Gasteiger partial charge on any atom is -0.481 e. The Bertz CT molecular complexity index is 362. The van der Waals surface area contributed by atoms with Gasteiger partial charge in [0.15, 0.2) is 0 Å². The highest BCUT2D eigenvalue weighted by molar-refractivity contribution is 7.19. The van der Waals surface area contributed by atoms with Crippen molar-refractivity contribution in [1.82, 2.24) is 0 Å². The van der Waals surface area contributed by atoms with Gasteiger partial charge in [0.2, 0.25) is 0 Å². The maximum atomic E-state index is 10.9. The summed E-state index contributed by atoms with van der Waals surface area (Å²) in [5, 5.41) is 9.97. The van der Waals surface area contributed by atoms with E-state index in [0.717, 1.165) is 5.00 Å². The Balaban J connectivity index is 2.71. The lowest BCUT2D eigenvalue weighted by atomic mass is 9.93. The zero-order valence-electron chi connectivity index (χ0n) is 8.95. The van der Waals surface area contributed by atoms with Crippen molar-refractivity contribution < 1.29 is 9.90 Å². The zero-order chi connectivity index (χ0) is 11.6. The maximum Gasteiger partial charge on any atom is 0.310 e. The summed E-state index contributed by atoms with van der Waals surface area (Å²) in [4.78, 5) is 12.9. The van der Waals surface area contributed by atoms with Crippen LogP contribution in [0.3, 0.4) is 0 Å². The highest BCUT2D eigenvalue weighted by Crippen LogP contribution is 2.30. The Morgan fingerprint density at radius 2 is 2.20 bits per heavy atom. The van der Waals surface area contributed by atoms with Crippen LogP contribution in [-0.4, -0.2) is 24.7 Å². The molecule has 0 aliphatic heterocycles. The molecule has 0 radical (unpaired) electrons. The Morgan fingerprint density at radius 1 is 1.60 bits per heavy atom. The molecule has 0 unspecified atom stereocenters. The van der Waals surface area contributed by atoms with Gasteiger partial charge in [0, 0.05) is 13.6 Å². The van der Waals surface area contributed by atoms with Crippen molar-refractivity contribution in [2.24, 2.45) is 5.41 Å². The molecule has 0 saturated heterocycles. The van der Waals surface area contributed by atoms with Gasteiger partial charge < -0.3 is 10.0 Å². The van der Waals surface area contributed by atoms with Crippen LogP contribution in [0.4, 0.5) is 5.00 Å². The largest absolute Gasteiger partial charge is 0.481 e. The second-order valence-electron chi connectivity index (χ2n) is 4.12. The van der Waals surface area contributed by atoms with E-state index in [9.17, 15) is 4.79 Å². The number of hydrogen-bond acceptors (Lipinski definition) is 3. The Labute approximate surface area is 98.3 Å². The van der Waals surface area contributed by atoms with Crippen LogP contribution < -0.4 is 4.90 Å². The van der Waals surface area contributed by atoms with Gasteiger partial charge in [0.25, 0.3) is 0 Å². The monoisotopic (exact) mass is 247 g/mol. The first kappa shape index (κ1) is 12.3. The molecule has 1 aromatic heterocycles. The number of aliphatic carboxylic acids is 1. The predicted molar refractivity (Wildman–Crippen MR) is 64.0 cm³/mol. The number of hydrogen-bond donors (Lipinski definition) is 1. The third kappa shape index (κ3) is 3.11. The fourth-order valence-corrected chi connectivity index (χ4v) is 2.24. The van der Waals surface area contributed by atoms with E-state index in [1.807, 2.05) is 24.1 Å². The molecule has 0 amide bonds. The first-order valence-corrected chi connectivity index (χ1v) is 5.72. The van der Waals surface area contributed by atoms with Crippen LogP contribution in [0.2, 0.25) is 4.34 Å². The molecule has 1 heterocycles. The van der Waals surface area contributed by atoms with E-state index in [0.29, 0.717) is 10.9 Å². The van der Waals surface area contributed by atoms with Crippen LogP contribution in [-0.2, 0) is 4.79 Å². The molecule has 0 bridgehead atoms. The van der Waals surface area contributed by atoms with Crippen molar-refractivity contribution in [3.8, 4) is 0 Å². The van der Waals surface area contributed by atoms with Gasteiger partial charge in [-0.25, -0.2) is 0 Å². The van der Waals surface area contributed by atoms with Crippen molar-refractivity contribution in [1.29, 1.82) is 0 Å². The number of carbonyl (C=O) groups is 1. The van der Waals surface area contributed by atoms with Crippen LogP contribution in [0.5, 0.6) is 0 Å². The van der Waals surface area contributed by atoms with Crippen LogP contribution in [0.25, 0.3) is 0 Å². The van der Waals surface area contributed by atoms with E-state index in [1.165, 1.54) is 11.3 Å². The smallest absolute Gasteiger partial charge is 0.310 e. The molecule has 1 N–H and O–H groups in total. The molecule has 1 rings (SSSR count). The van der Waals surface area contributed by atoms with Crippen molar-refractivity contribution in [2.45, 2.75) is 13.8 Å². The molecule has 0 spiro atoms. The summed E-state index contributed by atoms with van der Waals surface area (Å²) in [5.41, 5.74) is -0.759. The van der Waals surface area contributed by atoms with Crippen LogP contribution in [0.15, 0.2) is 12.1 Å². The molecule has 0 aromatic carbocycles. The van der Waals surface area contributed by atoms with E-state index < -0.39 is 11.4 Å². The molecule has 3 nitrogen and oxygen atoms in total. The van der Waals surface area contributed by atoms with Gasteiger partial charge in [-0.1, -0.05) is 11.6 Å². The Morgan fingerprint density at radius 3 is 2.60 bits per heavy atom. The van der Waals surface area contributed by atoms with E-state index in [-0.39, 0.29) is 0 Å². The molecule has 0 aliphatic rings. The van der Waals surface area contributed by atoms with Crippen LogP contribution >= 0.6 is 22.9 Å². The van der Waals surface area contributed by atoms with Crippen LogP contribution in [0, 0.1) is 5.41 Å². The van der Waals surface area contributed by atoms with Gasteiger partial charge in [-0.15, -0.1) is 11.3 Å². The number of nitrogens with zero attached hydrogens (tertiary/aromatic N) is 1. The van der Waals surface area contributed by atoms with Crippen molar-refractivity contribution in [3.05, 3.63) is 16.5 Å². The van der Waals surface area contributed by atoms with Crippen molar-refractivity contribution in [2.75, 3.05) is 18.5 Å².